The van der Waals surface area contributed by atoms with Gasteiger partial charge >= 0.3 is 0 Å². The molecular weight excluding hydrogens is 226 g/mol. The number of hydrogen-bond donors (Lipinski definition) is 1. The van der Waals surface area contributed by atoms with Crippen molar-refractivity contribution in [3.63, 3.8) is 0 Å². The van der Waals surface area contributed by atoms with Crippen molar-refractivity contribution >= 4 is 0 Å². The van der Waals surface area contributed by atoms with Crippen LogP contribution >= 0.6 is 0 Å². The first-order chi connectivity index (χ1) is 8.90. The molecule has 0 atom stereocenters. The van der Waals surface area contributed by atoms with Gasteiger partial charge in [-0.25, -0.2) is 9.67 Å². The molecule has 5 nitrogen and oxygen atoms in total. The molecule has 18 heavy (non-hydrogen) atoms. The zero-order valence-electron chi connectivity index (χ0n) is 10.7. The van der Waals surface area contributed by atoms with E-state index in [1.54, 1.807) is 12.5 Å². The van der Waals surface area contributed by atoms with Crippen LogP contribution in [0.1, 0.15) is 24.7 Å². The standard InChI is InChI=1S/C13H19N5/c1-2-8-18-13(16-11-17-18)10-15-7-5-12-4-3-6-14-9-12/h3-4,6,9,11,15H,2,5,7-8,10H2,1H3. The summed E-state index contributed by atoms with van der Waals surface area (Å²) in [6.07, 6.45) is 7.38. The van der Waals surface area contributed by atoms with Crippen LogP contribution in [0, 0.1) is 0 Å². The monoisotopic (exact) mass is 245 g/mol. The maximum absolute atomic E-state index is 4.26. The van der Waals surface area contributed by atoms with E-state index >= 15 is 0 Å². The Labute approximate surface area is 107 Å². The van der Waals surface area contributed by atoms with Gasteiger partial charge in [0.05, 0.1) is 6.54 Å². The summed E-state index contributed by atoms with van der Waals surface area (Å²) < 4.78 is 1.96. The molecule has 0 aliphatic heterocycles. The zero-order valence-corrected chi connectivity index (χ0v) is 10.7. The van der Waals surface area contributed by atoms with Crippen LogP contribution < -0.4 is 5.32 Å². The minimum atomic E-state index is 0.764. The molecule has 0 unspecified atom stereocenters. The highest BCUT2D eigenvalue weighted by molar-refractivity contribution is 5.08. The van der Waals surface area contributed by atoms with Gasteiger partial charge < -0.3 is 5.32 Å². The van der Waals surface area contributed by atoms with Crippen LogP contribution in [-0.2, 0) is 19.5 Å². The molecule has 0 aliphatic carbocycles. The molecule has 0 aliphatic rings. The maximum atomic E-state index is 4.26. The van der Waals surface area contributed by atoms with E-state index in [0.717, 1.165) is 38.3 Å². The Morgan fingerprint density at radius 1 is 1.39 bits per heavy atom. The molecule has 0 spiro atoms. The van der Waals surface area contributed by atoms with Gasteiger partial charge in [-0.2, -0.15) is 5.10 Å². The van der Waals surface area contributed by atoms with Crippen LogP contribution in [-0.4, -0.2) is 26.3 Å². The van der Waals surface area contributed by atoms with E-state index in [1.165, 1.54) is 5.56 Å². The van der Waals surface area contributed by atoms with Crippen molar-refractivity contribution in [1.82, 2.24) is 25.1 Å². The number of hydrogen-bond acceptors (Lipinski definition) is 4. The minimum absolute atomic E-state index is 0.764. The van der Waals surface area contributed by atoms with Gasteiger partial charge in [-0.15, -0.1) is 0 Å². The topological polar surface area (TPSA) is 55.6 Å². The van der Waals surface area contributed by atoms with Gasteiger partial charge in [-0.05, 0) is 31.0 Å². The van der Waals surface area contributed by atoms with Crippen molar-refractivity contribution in [3.05, 3.63) is 42.2 Å². The fourth-order valence-electron chi connectivity index (χ4n) is 1.80. The van der Waals surface area contributed by atoms with E-state index < -0.39 is 0 Å². The molecule has 0 radical (unpaired) electrons. The van der Waals surface area contributed by atoms with Crippen LogP contribution in [0.15, 0.2) is 30.9 Å². The lowest BCUT2D eigenvalue weighted by molar-refractivity contribution is 0.543. The Kier molecular flexibility index (Phi) is 4.84. The molecule has 0 amide bonds. The molecule has 0 saturated heterocycles. The van der Waals surface area contributed by atoms with Gasteiger partial charge in [0.2, 0.25) is 0 Å². The van der Waals surface area contributed by atoms with Gasteiger partial charge in [0.15, 0.2) is 0 Å². The average Bonchev–Trinajstić information content (AvgIpc) is 2.84. The van der Waals surface area contributed by atoms with Crippen molar-refractivity contribution in [3.8, 4) is 0 Å². The molecule has 2 heterocycles. The summed E-state index contributed by atoms with van der Waals surface area (Å²) in [4.78, 5) is 8.35. The molecular formula is C13H19N5. The number of nitrogens with zero attached hydrogens (tertiary/aromatic N) is 4. The first-order valence-corrected chi connectivity index (χ1v) is 6.36. The number of nitrogens with one attached hydrogen (secondary N) is 1. The number of rotatable bonds is 7. The molecule has 96 valence electrons. The molecule has 0 aromatic carbocycles. The Bertz CT molecular complexity index is 451. The zero-order chi connectivity index (χ0) is 12.6. The van der Waals surface area contributed by atoms with Crippen LogP contribution in [0.3, 0.4) is 0 Å². The van der Waals surface area contributed by atoms with Crippen LogP contribution in [0.2, 0.25) is 0 Å². The van der Waals surface area contributed by atoms with Crippen LogP contribution in [0.25, 0.3) is 0 Å². The number of aromatic nitrogens is 4. The lowest BCUT2D eigenvalue weighted by Gasteiger charge is -2.06. The maximum Gasteiger partial charge on any atom is 0.140 e. The summed E-state index contributed by atoms with van der Waals surface area (Å²) in [5.41, 5.74) is 1.25. The molecule has 2 aromatic heterocycles. The summed E-state index contributed by atoms with van der Waals surface area (Å²) in [7, 11) is 0. The molecule has 0 fully saturated rings. The summed E-state index contributed by atoms with van der Waals surface area (Å²) >= 11 is 0. The highest BCUT2D eigenvalue weighted by Crippen LogP contribution is 1.98. The third-order valence-corrected chi connectivity index (χ3v) is 2.73. The number of pyridine rings is 1. The van der Waals surface area contributed by atoms with Crippen LogP contribution in [0.4, 0.5) is 0 Å². The normalized spacial score (nSPS) is 10.7. The van der Waals surface area contributed by atoms with Crippen molar-refractivity contribution in [1.29, 1.82) is 0 Å². The molecule has 1 N–H and O–H groups in total. The Hall–Kier alpha value is -1.75. The molecule has 5 heteroatoms. The highest BCUT2D eigenvalue weighted by Gasteiger charge is 2.02. The lowest BCUT2D eigenvalue weighted by atomic mass is 10.2. The fourth-order valence-corrected chi connectivity index (χ4v) is 1.80. The highest BCUT2D eigenvalue weighted by atomic mass is 15.3. The van der Waals surface area contributed by atoms with E-state index in [9.17, 15) is 0 Å². The molecule has 0 saturated carbocycles. The van der Waals surface area contributed by atoms with Crippen LogP contribution in [0.5, 0.6) is 0 Å². The van der Waals surface area contributed by atoms with E-state index in [0.29, 0.717) is 0 Å². The lowest BCUT2D eigenvalue weighted by Crippen LogP contribution is -2.20. The second-order valence-corrected chi connectivity index (χ2v) is 4.19. The minimum Gasteiger partial charge on any atom is -0.310 e. The average molecular weight is 245 g/mol. The Morgan fingerprint density at radius 2 is 2.33 bits per heavy atom. The van der Waals surface area contributed by atoms with Crippen molar-refractivity contribution in [2.75, 3.05) is 6.54 Å². The SMILES string of the molecule is CCCn1ncnc1CNCCc1cccnc1. The van der Waals surface area contributed by atoms with Crippen molar-refractivity contribution < 1.29 is 0 Å². The molecule has 2 rings (SSSR count). The van der Waals surface area contributed by atoms with Gasteiger partial charge in [0, 0.05) is 18.9 Å². The van der Waals surface area contributed by atoms with Gasteiger partial charge in [0.25, 0.3) is 0 Å². The van der Waals surface area contributed by atoms with Crippen molar-refractivity contribution in [2.24, 2.45) is 0 Å². The number of aryl methyl sites for hydroxylation is 1. The predicted molar refractivity (Wildman–Crippen MR) is 70.0 cm³/mol. The van der Waals surface area contributed by atoms with Gasteiger partial charge in [0.1, 0.15) is 12.2 Å². The second-order valence-electron chi connectivity index (χ2n) is 4.19. The van der Waals surface area contributed by atoms with E-state index in [1.807, 2.05) is 16.9 Å². The quantitative estimate of drug-likeness (QED) is 0.749. The fraction of sp³-hybridized carbons (Fsp3) is 0.462. The summed E-state index contributed by atoms with van der Waals surface area (Å²) in [5, 5.41) is 7.58. The largest absolute Gasteiger partial charge is 0.310 e. The molecule has 2 aromatic rings. The first kappa shape index (κ1) is 12.7. The van der Waals surface area contributed by atoms with E-state index in [4.69, 9.17) is 0 Å². The Morgan fingerprint density at radius 3 is 3.11 bits per heavy atom. The summed E-state index contributed by atoms with van der Waals surface area (Å²) in [6, 6.07) is 4.06. The predicted octanol–water partition coefficient (Wildman–Crippen LogP) is 1.42. The first-order valence-electron chi connectivity index (χ1n) is 6.36. The Balaban J connectivity index is 1.73. The third-order valence-electron chi connectivity index (χ3n) is 2.73. The summed E-state index contributed by atoms with van der Waals surface area (Å²) in [5.74, 6) is 1.00. The second kappa shape index (κ2) is 6.86. The third kappa shape index (κ3) is 3.63. The van der Waals surface area contributed by atoms with Crippen molar-refractivity contribution in [2.45, 2.75) is 32.9 Å². The van der Waals surface area contributed by atoms with Gasteiger partial charge in [-0.1, -0.05) is 13.0 Å². The van der Waals surface area contributed by atoms with E-state index in [-0.39, 0.29) is 0 Å². The smallest absolute Gasteiger partial charge is 0.140 e. The van der Waals surface area contributed by atoms with E-state index in [2.05, 4.69) is 33.4 Å². The van der Waals surface area contributed by atoms with Gasteiger partial charge in [-0.3, -0.25) is 4.98 Å². The summed E-state index contributed by atoms with van der Waals surface area (Å²) in [6.45, 7) is 4.76. The molecule has 0 bridgehead atoms.